The molecule has 0 bridgehead atoms. The Bertz CT molecular complexity index is 296. The van der Waals surface area contributed by atoms with E-state index in [1.807, 2.05) is 12.4 Å². The zero-order valence-electron chi connectivity index (χ0n) is 7.01. The molecule has 2 atom stereocenters. The highest BCUT2D eigenvalue weighted by Gasteiger charge is 2.25. The summed E-state index contributed by atoms with van der Waals surface area (Å²) in [7, 11) is 0. The Morgan fingerprint density at radius 1 is 1.69 bits per heavy atom. The van der Waals surface area contributed by atoms with Crippen molar-refractivity contribution in [2.75, 3.05) is 6.54 Å². The summed E-state index contributed by atoms with van der Waals surface area (Å²) in [6.07, 6.45) is 8.77. The molecule has 2 aliphatic heterocycles. The minimum atomic E-state index is 0.415. The van der Waals surface area contributed by atoms with Gasteiger partial charge in [-0.05, 0) is 0 Å². The summed E-state index contributed by atoms with van der Waals surface area (Å²) < 4.78 is 0. The number of carbonyl (C=O) groups is 1. The maximum Gasteiger partial charge on any atom is 0.207 e. The zero-order valence-corrected chi connectivity index (χ0v) is 7.83. The van der Waals surface area contributed by atoms with E-state index >= 15 is 0 Å². The van der Waals surface area contributed by atoms with Crippen LogP contribution in [0.5, 0.6) is 0 Å². The molecule has 0 aliphatic carbocycles. The van der Waals surface area contributed by atoms with Crippen LogP contribution < -0.4 is 5.32 Å². The van der Waals surface area contributed by atoms with E-state index in [9.17, 15) is 4.79 Å². The standard InChI is InChI=1S/C9H10N2OS/c12-6-11-5-8-3-7-4-10-2-1-9(7)13-8/h1-4,6-7,9H,5H2,(H,11,12). The van der Waals surface area contributed by atoms with Crippen molar-refractivity contribution >= 4 is 24.4 Å². The quantitative estimate of drug-likeness (QED) is 0.679. The topological polar surface area (TPSA) is 41.5 Å². The van der Waals surface area contributed by atoms with Crippen molar-refractivity contribution in [2.45, 2.75) is 5.25 Å². The monoisotopic (exact) mass is 194 g/mol. The van der Waals surface area contributed by atoms with Gasteiger partial charge >= 0.3 is 0 Å². The number of allylic oxidation sites excluding steroid dienone is 1. The molecule has 1 amide bonds. The highest BCUT2D eigenvalue weighted by Crippen LogP contribution is 2.37. The highest BCUT2D eigenvalue weighted by atomic mass is 32.2. The van der Waals surface area contributed by atoms with E-state index in [0.717, 1.165) is 6.41 Å². The Labute approximate surface area is 81.0 Å². The van der Waals surface area contributed by atoms with Gasteiger partial charge in [0.25, 0.3) is 0 Å². The van der Waals surface area contributed by atoms with Crippen LogP contribution in [0.25, 0.3) is 0 Å². The van der Waals surface area contributed by atoms with E-state index in [-0.39, 0.29) is 0 Å². The predicted octanol–water partition coefficient (Wildman–Crippen LogP) is 0.946. The second-order valence-corrected chi connectivity index (χ2v) is 4.24. The van der Waals surface area contributed by atoms with Gasteiger partial charge in [0, 0.05) is 35.0 Å². The van der Waals surface area contributed by atoms with Gasteiger partial charge in [-0.15, -0.1) is 11.8 Å². The van der Waals surface area contributed by atoms with Crippen LogP contribution in [-0.4, -0.2) is 24.4 Å². The van der Waals surface area contributed by atoms with Gasteiger partial charge in [-0.2, -0.15) is 0 Å². The Morgan fingerprint density at radius 2 is 2.62 bits per heavy atom. The van der Waals surface area contributed by atoms with Crippen LogP contribution >= 0.6 is 11.8 Å². The number of hydrogen-bond acceptors (Lipinski definition) is 3. The molecule has 0 aromatic rings. The van der Waals surface area contributed by atoms with Gasteiger partial charge in [-0.1, -0.05) is 12.2 Å². The molecule has 0 saturated heterocycles. The molecule has 2 unspecified atom stereocenters. The van der Waals surface area contributed by atoms with Crippen molar-refractivity contribution in [1.82, 2.24) is 5.32 Å². The third-order valence-corrected chi connectivity index (χ3v) is 3.35. The molecule has 0 fully saturated rings. The fraction of sp³-hybridized carbons (Fsp3) is 0.333. The lowest BCUT2D eigenvalue weighted by Gasteiger charge is -2.11. The SMILES string of the molecule is O=CNCC1=CC2C=NC=CC2S1. The number of hydrogen-bond donors (Lipinski definition) is 1. The summed E-state index contributed by atoms with van der Waals surface area (Å²) >= 11 is 1.80. The van der Waals surface area contributed by atoms with Gasteiger partial charge in [-0.25, -0.2) is 0 Å². The van der Waals surface area contributed by atoms with Crippen LogP contribution in [0, 0.1) is 5.92 Å². The minimum absolute atomic E-state index is 0.415. The molecule has 3 nitrogen and oxygen atoms in total. The van der Waals surface area contributed by atoms with Crippen molar-refractivity contribution in [1.29, 1.82) is 0 Å². The summed E-state index contributed by atoms with van der Waals surface area (Å²) in [6.45, 7) is 0.642. The first kappa shape index (κ1) is 8.56. The summed E-state index contributed by atoms with van der Waals surface area (Å²) in [5.74, 6) is 0.415. The van der Waals surface area contributed by atoms with Crippen LogP contribution in [0.2, 0.25) is 0 Å². The number of rotatable bonds is 3. The van der Waals surface area contributed by atoms with Gasteiger partial charge in [0.1, 0.15) is 0 Å². The lowest BCUT2D eigenvalue weighted by molar-refractivity contribution is -0.109. The van der Waals surface area contributed by atoms with E-state index < -0.39 is 0 Å². The second kappa shape index (κ2) is 3.79. The van der Waals surface area contributed by atoms with Crippen LogP contribution in [0.15, 0.2) is 28.2 Å². The maximum absolute atomic E-state index is 10.1. The molecule has 0 aromatic heterocycles. The predicted molar refractivity (Wildman–Crippen MR) is 54.7 cm³/mol. The van der Waals surface area contributed by atoms with E-state index in [1.165, 1.54) is 4.91 Å². The lowest BCUT2D eigenvalue weighted by atomic mass is 10.1. The third-order valence-electron chi connectivity index (χ3n) is 2.02. The van der Waals surface area contributed by atoms with E-state index in [2.05, 4.69) is 22.5 Å². The molecule has 4 heteroatoms. The summed E-state index contributed by atoms with van der Waals surface area (Å²) in [5.41, 5.74) is 0. The summed E-state index contributed by atoms with van der Waals surface area (Å²) in [5, 5.41) is 3.15. The average molecular weight is 194 g/mol. The Morgan fingerprint density at radius 3 is 3.38 bits per heavy atom. The normalized spacial score (nSPS) is 29.7. The van der Waals surface area contributed by atoms with Crippen molar-refractivity contribution in [2.24, 2.45) is 10.9 Å². The van der Waals surface area contributed by atoms with Crippen molar-refractivity contribution < 1.29 is 4.79 Å². The van der Waals surface area contributed by atoms with Crippen molar-refractivity contribution in [3.05, 3.63) is 23.3 Å². The molecule has 13 heavy (non-hydrogen) atoms. The molecule has 0 aromatic carbocycles. The average Bonchev–Trinajstić information content (AvgIpc) is 2.57. The number of amides is 1. The second-order valence-electron chi connectivity index (χ2n) is 2.93. The first-order chi connectivity index (χ1) is 6.40. The molecule has 2 heterocycles. The third kappa shape index (κ3) is 1.83. The van der Waals surface area contributed by atoms with Crippen molar-refractivity contribution in [3.63, 3.8) is 0 Å². The Hall–Kier alpha value is -1.03. The van der Waals surface area contributed by atoms with Gasteiger partial charge in [-0.3, -0.25) is 9.79 Å². The molecule has 0 spiro atoms. The summed E-state index contributed by atoms with van der Waals surface area (Å²) in [4.78, 5) is 15.4. The van der Waals surface area contributed by atoms with Gasteiger partial charge in [0.2, 0.25) is 6.41 Å². The van der Waals surface area contributed by atoms with E-state index in [4.69, 9.17) is 0 Å². The Kier molecular flexibility index (Phi) is 2.49. The number of nitrogens with zero attached hydrogens (tertiary/aromatic N) is 1. The molecular formula is C9H10N2OS. The Balaban J connectivity index is 1.98. The summed E-state index contributed by atoms with van der Waals surface area (Å²) in [6, 6.07) is 0. The zero-order chi connectivity index (χ0) is 9.10. The molecular weight excluding hydrogens is 184 g/mol. The van der Waals surface area contributed by atoms with Crippen molar-refractivity contribution in [3.8, 4) is 0 Å². The lowest BCUT2D eigenvalue weighted by Crippen LogP contribution is -2.12. The smallest absolute Gasteiger partial charge is 0.207 e. The molecule has 1 N–H and O–H groups in total. The minimum Gasteiger partial charge on any atom is -0.354 e. The van der Waals surface area contributed by atoms with E-state index in [1.54, 1.807) is 11.8 Å². The molecule has 0 saturated carbocycles. The first-order valence-corrected chi connectivity index (χ1v) is 5.02. The van der Waals surface area contributed by atoms with Crippen LogP contribution in [0.4, 0.5) is 0 Å². The molecule has 2 aliphatic rings. The fourth-order valence-corrected chi connectivity index (χ4v) is 2.63. The number of fused-ring (bicyclic) bond motifs is 1. The highest BCUT2D eigenvalue weighted by molar-refractivity contribution is 8.04. The molecule has 68 valence electrons. The first-order valence-electron chi connectivity index (χ1n) is 4.14. The maximum atomic E-state index is 10.1. The number of aliphatic imine (C=N–C) groups is 1. The van der Waals surface area contributed by atoms with E-state index in [0.29, 0.717) is 17.7 Å². The molecule has 2 rings (SSSR count). The molecule has 0 radical (unpaired) electrons. The number of carbonyl (C=O) groups excluding carboxylic acids is 1. The largest absolute Gasteiger partial charge is 0.354 e. The number of thioether (sulfide) groups is 1. The van der Waals surface area contributed by atoms with Gasteiger partial charge in [0.05, 0.1) is 0 Å². The van der Waals surface area contributed by atoms with Crippen LogP contribution in [0.1, 0.15) is 0 Å². The number of nitrogens with one attached hydrogen (secondary N) is 1. The fourth-order valence-electron chi connectivity index (χ4n) is 1.42. The van der Waals surface area contributed by atoms with Crippen LogP contribution in [0.3, 0.4) is 0 Å². The van der Waals surface area contributed by atoms with Gasteiger partial charge in [0.15, 0.2) is 0 Å². The van der Waals surface area contributed by atoms with Gasteiger partial charge < -0.3 is 5.32 Å². The van der Waals surface area contributed by atoms with Crippen LogP contribution in [-0.2, 0) is 4.79 Å².